The number of amides is 3. The van der Waals surface area contributed by atoms with Gasteiger partial charge >= 0.3 is 6.18 Å². The van der Waals surface area contributed by atoms with E-state index in [9.17, 15) is 31.9 Å². The van der Waals surface area contributed by atoms with E-state index in [1.807, 2.05) is 24.0 Å². The van der Waals surface area contributed by atoms with Crippen LogP contribution >= 0.6 is 0 Å². The predicted octanol–water partition coefficient (Wildman–Crippen LogP) is 4.73. The number of carbonyl (C=O) groups excluding carboxylic acids is 3. The quantitative estimate of drug-likeness (QED) is 0.137. The summed E-state index contributed by atoms with van der Waals surface area (Å²) < 4.78 is 59.1. The molecule has 3 amide bonds. The number of nitrogens with one attached hydrogen (secondary N) is 2. The number of hydrogen-bond donors (Lipinski definition) is 3. The van der Waals surface area contributed by atoms with E-state index in [2.05, 4.69) is 33.6 Å². The molecular weight excluding hydrogens is 670 g/mol. The molecule has 0 radical (unpaired) electrons. The molecular formula is C36H35F4N7O4. The first-order valence-electron chi connectivity index (χ1n) is 15.6. The average Bonchev–Trinajstić information content (AvgIpc) is 3.71. The highest BCUT2D eigenvalue weighted by atomic mass is 19.4. The van der Waals surface area contributed by atoms with Gasteiger partial charge in [0, 0.05) is 49.5 Å². The van der Waals surface area contributed by atoms with Crippen molar-refractivity contribution in [2.24, 2.45) is 7.05 Å². The van der Waals surface area contributed by atoms with Gasteiger partial charge in [-0.25, -0.2) is 9.37 Å². The third-order valence-electron chi connectivity index (χ3n) is 8.57. The van der Waals surface area contributed by atoms with Crippen LogP contribution in [-0.4, -0.2) is 90.1 Å². The number of benzene rings is 2. The number of aryl methyl sites for hydroxylation is 1. The number of nitrogens with zero attached hydrogens (tertiary/aromatic N) is 4. The van der Waals surface area contributed by atoms with Crippen LogP contribution in [0.4, 0.5) is 29.1 Å². The molecule has 1 atom stereocenters. The van der Waals surface area contributed by atoms with Crippen LogP contribution in [0.3, 0.4) is 0 Å². The van der Waals surface area contributed by atoms with Gasteiger partial charge in [-0.15, -0.1) is 0 Å². The lowest BCUT2D eigenvalue weighted by atomic mass is 9.96. The summed E-state index contributed by atoms with van der Waals surface area (Å²) in [6.07, 6.45) is -2.32. The topological polar surface area (TPSA) is 135 Å². The van der Waals surface area contributed by atoms with Crippen LogP contribution in [0, 0.1) is 11.8 Å². The standard InChI is InChI=1S/C36H35F4N7O4/c1-20(37)34(49)44-24-10-6-21(7-11-24)31-29(22-8-12-26(27(16-22)51-5)35(50)43-19-36(38,39)40)30-32(46(31)4)23(17-42-33(30)41)9-13-28(48)47-15-14-25(18-47)45(2)3/h6-8,10-12,16-17,25H,1,14-15,18-19H2,2-5H3,(H2,41,42)(H,43,50)(H,44,49)/t25-/m0/s1. The molecule has 0 aliphatic carbocycles. The Morgan fingerprint density at radius 3 is 2.43 bits per heavy atom. The van der Waals surface area contributed by atoms with Crippen molar-refractivity contribution in [3.8, 4) is 40.0 Å². The van der Waals surface area contributed by atoms with Gasteiger partial charge in [-0.2, -0.15) is 13.2 Å². The summed E-state index contributed by atoms with van der Waals surface area (Å²) in [6.45, 7) is 2.60. The fraction of sp³-hybridized carbons (Fsp3) is 0.278. The van der Waals surface area contributed by atoms with Crippen LogP contribution in [0.2, 0.25) is 0 Å². The highest BCUT2D eigenvalue weighted by Crippen LogP contribution is 2.44. The van der Waals surface area contributed by atoms with Crippen LogP contribution in [-0.2, 0) is 16.6 Å². The molecule has 0 bridgehead atoms. The van der Waals surface area contributed by atoms with Gasteiger partial charge in [-0.05, 0) is 55.9 Å². The number of halogens is 4. The van der Waals surface area contributed by atoms with Crippen molar-refractivity contribution in [1.29, 1.82) is 0 Å². The Morgan fingerprint density at radius 1 is 1.14 bits per heavy atom. The van der Waals surface area contributed by atoms with Gasteiger partial charge in [0.2, 0.25) is 0 Å². The third kappa shape index (κ3) is 7.81. The van der Waals surface area contributed by atoms with E-state index >= 15 is 0 Å². The molecule has 5 rings (SSSR count). The zero-order valence-corrected chi connectivity index (χ0v) is 28.2. The Labute approximate surface area is 291 Å². The fourth-order valence-electron chi connectivity index (χ4n) is 5.99. The van der Waals surface area contributed by atoms with Crippen LogP contribution in [0.25, 0.3) is 33.3 Å². The summed E-state index contributed by atoms with van der Waals surface area (Å²) in [4.78, 5) is 45.8. The SMILES string of the molecule is C=C(F)C(=O)Nc1ccc(-c2c(-c3ccc(C(=O)NCC(F)(F)F)c(OC)c3)c3c(N)ncc(C#CC(=O)N4CC[C@H](N(C)C)C4)c3n2C)cc1. The number of rotatable bonds is 8. The zero-order valence-electron chi connectivity index (χ0n) is 28.2. The number of pyridine rings is 1. The lowest BCUT2D eigenvalue weighted by molar-refractivity contribution is -0.124. The number of nitrogens with two attached hydrogens (primary N) is 1. The van der Waals surface area contributed by atoms with Crippen molar-refractivity contribution < 1.29 is 36.7 Å². The Bertz CT molecular complexity index is 2100. The van der Waals surface area contributed by atoms with Crippen molar-refractivity contribution in [3.05, 3.63) is 72.2 Å². The number of ether oxygens (including phenoxy) is 1. The zero-order chi connectivity index (χ0) is 37.2. The first-order valence-corrected chi connectivity index (χ1v) is 15.6. The maximum absolute atomic E-state index is 13.3. The molecule has 4 N–H and O–H groups in total. The molecule has 1 aliphatic heterocycles. The Balaban J connectivity index is 1.67. The molecule has 0 unspecified atom stereocenters. The number of methoxy groups -OCH3 is 1. The Morgan fingerprint density at radius 2 is 1.82 bits per heavy atom. The second-order valence-electron chi connectivity index (χ2n) is 12.1. The smallest absolute Gasteiger partial charge is 0.405 e. The van der Waals surface area contributed by atoms with Crippen molar-refractivity contribution in [2.75, 3.05) is 51.9 Å². The number of anilines is 2. The number of carbonyl (C=O) groups is 3. The lowest BCUT2D eigenvalue weighted by Gasteiger charge is -2.18. The van der Waals surface area contributed by atoms with Crippen molar-refractivity contribution in [3.63, 3.8) is 0 Å². The molecule has 0 saturated carbocycles. The van der Waals surface area contributed by atoms with E-state index in [0.29, 0.717) is 57.6 Å². The molecule has 15 heteroatoms. The maximum atomic E-state index is 13.3. The number of nitrogen functional groups attached to an aromatic ring is 1. The van der Waals surface area contributed by atoms with E-state index in [1.165, 1.54) is 25.4 Å². The van der Waals surface area contributed by atoms with Gasteiger partial charge in [-0.1, -0.05) is 30.7 Å². The summed E-state index contributed by atoms with van der Waals surface area (Å²) in [5.74, 6) is 2.36. The second kappa shape index (κ2) is 14.5. The minimum Gasteiger partial charge on any atom is -0.496 e. The summed E-state index contributed by atoms with van der Waals surface area (Å²) in [5.41, 5.74) is 9.75. The average molecular weight is 706 g/mol. The number of likely N-dealkylation sites (N-methyl/N-ethyl adjacent to an activating group) is 1. The van der Waals surface area contributed by atoms with Crippen LogP contribution < -0.4 is 21.1 Å². The van der Waals surface area contributed by atoms with Crippen LogP contribution in [0.1, 0.15) is 22.3 Å². The summed E-state index contributed by atoms with van der Waals surface area (Å²) in [6, 6.07) is 11.1. The van der Waals surface area contributed by atoms with Gasteiger partial charge < -0.3 is 35.5 Å². The van der Waals surface area contributed by atoms with E-state index < -0.39 is 30.4 Å². The molecule has 0 spiro atoms. The molecule has 266 valence electrons. The maximum Gasteiger partial charge on any atom is 0.405 e. The normalized spacial score (nSPS) is 14.3. The fourth-order valence-corrected chi connectivity index (χ4v) is 5.99. The van der Waals surface area contributed by atoms with Gasteiger partial charge in [-0.3, -0.25) is 14.4 Å². The van der Waals surface area contributed by atoms with Crippen molar-refractivity contribution >= 4 is 40.1 Å². The molecule has 2 aromatic heterocycles. The Hall–Kier alpha value is -5.88. The summed E-state index contributed by atoms with van der Waals surface area (Å²) in [7, 11) is 6.96. The minimum absolute atomic E-state index is 0.00523. The summed E-state index contributed by atoms with van der Waals surface area (Å²) in [5, 5.41) is 4.70. The van der Waals surface area contributed by atoms with Gasteiger partial charge in [0.05, 0.1) is 34.8 Å². The van der Waals surface area contributed by atoms with Crippen molar-refractivity contribution in [1.82, 2.24) is 24.7 Å². The number of likely N-dealkylation sites (tertiary alicyclic amines) is 1. The van der Waals surface area contributed by atoms with Crippen LogP contribution in [0.5, 0.6) is 5.75 Å². The highest BCUT2D eigenvalue weighted by Gasteiger charge is 2.30. The molecule has 3 heterocycles. The predicted molar refractivity (Wildman–Crippen MR) is 185 cm³/mol. The summed E-state index contributed by atoms with van der Waals surface area (Å²) >= 11 is 0. The Kier molecular flexibility index (Phi) is 10.4. The van der Waals surface area contributed by atoms with Gasteiger partial charge in [0.25, 0.3) is 17.7 Å². The molecule has 4 aromatic rings. The minimum atomic E-state index is -4.61. The van der Waals surface area contributed by atoms with E-state index in [1.54, 1.807) is 42.3 Å². The largest absolute Gasteiger partial charge is 0.496 e. The first kappa shape index (κ1) is 36.4. The lowest BCUT2D eigenvalue weighted by Crippen LogP contribution is -2.33. The molecule has 11 nitrogen and oxygen atoms in total. The van der Waals surface area contributed by atoms with Crippen molar-refractivity contribution in [2.45, 2.75) is 18.6 Å². The third-order valence-corrected chi connectivity index (χ3v) is 8.57. The number of hydrogen-bond acceptors (Lipinski definition) is 7. The number of alkyl halides is 3. The number of fused-ring (bicyclic) bond motifs is 1. The van der Waals surface area contributed by atoms with Gasteiger partial charge in [0.1, 0.15) is 18.1 Å². The number of aromatic nitrogens is 2. The monoisotopic (exact) mass is 705 g/mol. The highest BCUT2D eigenvalue weighted by molar-refractivity contribution is 6.12. The molecule has 2 aromatic carbocycles. The van der Waals surface area contributed by atoms with Crippen LogP contribution in [0.15, 0.2) is 61.1 Å². The van der Waals surface area contributed by atoms with E-state index in [4.69, 9.17) is 10.5 Å². The molecule has 1 fully saturated rings. The molecule has 1 saturated heterocycles. The second-order valence-corrected chi connectivity index (χ2v) is 12.1. The van der Waals surface area contributed by atoms with Gasteiger partial charge in [0.15, 0.2) is 5.83 Å². The van der Waals surface area contributed by atoms with E-state index in [0.717, 1.165) is 6.42 Å². The molecule has 51 heavy (non-hydrogen) atoms. The first-order chi connectivity index (χ1) is 24.1. The molecule has 1 aliphatic rings. The van der Waals surface area contributed by atoms with E-state index in [-0.39, 0.29) is 29.1 Å².